The lowest BCUT2D eigenvalue weighted by Gasteiger charge is -2.24. The number of likely N-dealkylation sites (tertiary alicyclic amines) is 1. The first-order valence-electron chi connectivity index (χ1n) is 6.98. The molecule has 6 nitrogen and oxygen atoms in total. The number of hydrogen-bond acceptors (Lipinski definition) is 5. The Hall–Kier alpha value is -1.43. The third-order valence-electron chi connectivity index (χ3n) is 3.42. The van der Waals surface area contributed by atoms with Crippen molar-refractivity contribution in [3.8, 4) is 0 Å². The van der Waals surface area contributed by atoms with Gasteiger partial charge in [0.1, 0.15) is 0 Å². The van der Waals surface area contributed by atoms with Crippen molar-refractivity contribution in [1.82, 2.24) is 20.4 Å². The van der Waals surface area contributed by atoms with Crippen LogP contribution in [0.15, 0.2) is 4.52 Å². The minimum atomic E-state index is -0.211. The first-order valence-corrected chi connectivity index (χ1v) is 6.98. The maximum atomic E-state index is 12.3. The summed E-state index contributed by atoms with van der Waals surface area (Å²) in [5.74, 6) is 1.30. The number of amides is 1. The van der Waals surface area contributed by atoms with Crippen LogP contribution in [0.4, 0.5) is 0 Å². The highest BCUT2D eigenvalue weighted by atomic mass is 16.5. The van der Waals surface area contributed by atoms with E-state index in [1.165, 1.54) is 12.8 Å². The molecule has 6 heteroatoms. The summed E-state index contributed by atoms with van der Waals surface area (Å²) in [6.07, 6.45) is 4.69. The molecule has 0 aromatic carbocycles. The summed E-state index contributed by atoms with van der Waals surface area (Å²) in [7, 11) is 0. The van der Waals surface area contributed by atoms with Gasteiger partial charge in [0.15, 0.2) is 5.82 Å². The smallest absolute Gasteiger partial charge is 0.239 e. The Morgan fingerprint density at radius 1 is 1.37 bits per heavy atom. The van der Waals surface area contributed by atoms with Gasteiger partial charge in [0.2, 0.25) is 11.8 Å². The quantitative estimate of drug-likeness (QED) is 0.888. The van der Waals surface area contributed by atoms with E-state index in [1.807, 2.05) is 11.8 Å². The number of nitrogens with one attached hydrogen (secondary N) is 1. The number of carbonyl (C=O) groups excluding carboxylic acids is 1. The molecule has 0 saturated carbocycles. The van der Waals surface area contributed by atoms with Gasteiger partial charge >= 0.3 is 0 Å². The van der Waals surface area contributed by atoms with Gasteiger partial charge in [-0.25, -0.2) is 0 Å². The van der Waals surface area contributed by atoms with E-state index in [9.17, 15) is 4.79 Å². The molecule has 1 N–H and O–H groups in total. The standard InChI is InChI=1S/C13H22N4O2/c1-10(14-9-12-15-11(2)19-16-12)13(18)17-7-5-3-4-6-8-17/h10,14H,3-9H2,1-2H3. The summed E-state index contributed by atoms with van der Waals surface area (Å²) in [5.41, 5.74) is 0. The van der Waals surface area contributed by atoms with Crippen molar-refractivity contribution in [2.45, 2.75) is 52.1 Å². The second-order valence-corrected chi connectivity index (χ2v) is 5.07. The summed E-state index contributed by atoms with van der Waals surface area (Å²) >= 11 is 0. The van der Waals surface area contributed by atoms with Crippen LogP contribution in [0, 0.1) is 6.92 Å². The maximum Gasteiger partial charge on any atom is 0.239 e. The highest BCUT2D eigenvalue weighted by Crippen LogP contribution is 2.10. The fourth-order valence-electron chi connectivity index (χ4n) is 2.31. The molecular weight excluding hydrogens is 244 g/mol. The third kappa shape index (κ3) is 4.02. The maximum absolute atomic E-state index is 12.3. The molecule has 1 saturated heterocycles. The fraction of sp³-hybridized carbons (Fsp3) is 0.769. The van der Waals surface area contributed by atoms with Crippen molar-refractivity contribution in [3.63, 3.8) is 0 Å². The van der Waals surface area contributed by atoms with Crippen LogP contribution in [-0.2, 0) is 11.3 Å². The largest absolute Gasteiger partial charge is 0.341 e. The monoisotopic (exact) mass is 266 g/mol. The van der Waals surface area contributed by atoms with Gasteiger partial charge in [-0.15, -0.1) is 0 Å². The predicted octanol–water partition coefficient (Wildman–Crippen LogP) is 1.26. The van der Waals surface area contributed by atoms with E-state index in [-0.39, 0.29) is 11.9 Å². The van der Waals surface area contributed by atoms with E-state index in [0.717, 1.165) is 25.9 Å². The van der Waals surface area contributed by atoms with Crippen LogP contribution in [0.3, 0.4) is 0 Å². The number of aromatic nitrogens is 2. The summed E-state index contributed by atoms with van der Waals surface area (Å²) in [6, 6.07) is -0.211. The molecule has 1 aromatic heterocycles. The zero-order valence-corrected chi connectivity index (χ0v) is 11.7. The van der Waals surface area contributed by atoms with Crippen molar-refractivity contribution < 1.29 is 9.32 Å². The number of aryl methyl sites for hydroxylation is 1. The zero-order valence-electron chi connectivity index (χ0n) is 11.7. The van der Waals surface area contributed by atoms with Crippen molar-refractivity contribution >= 4 is 5.91 Å². The Bertz CT molecular complexity index is 411. The Labute approximate surface area is 113 Å². The molecule has 2 heterocycles. The Kier molecular flexibility index (Phi) is 4.90. The van der Waals surface area contributed by atoms with Crippen LogP contribution < -0.4 is 5.32 Å². The first-order chi connectivity index (χ1) is 9.16. The van der Waals surface area contributed by atoms with Crippen molar-refractivity contribution in [3.05, 3.63) is 11.7 Å². The van der Waals surface area contributed by atoms with E-state index in [0.29, 0.717) is 18.3 Å². The molecule has 106 valence electrons. The SMILES string of the molecule is Cc1nc(CNC(C)C(=O)N2CCCCCC2)no1. The van der Waals surface area contributed by atoms with Crippen LogP contribution >= 0.6 is 0 Å². The minimum absolute atomic E-state index is 0.169. The number of nitrogens with zero attached hydrogens (tertiary/aromatic N) is 3. The molecule has 1 atom stereocenters. The van der Waals surface area contributed by atoms with E-state index >= 15 is 0 Å². The van der Waals surface area contributed by atoms with Crippen LogP contribution in [0.5, 0.6) is 0 Å². The lowest BCUT2D eigenvalue weighted by atomic mass is 10.2. The summed E-state index contributed by atoms with van der Waals surface area (Å²) in [6.45, 7) is 5.86. The molecule has 2 rings (SSSR count). The highest BCUT2D eigenvalue weighted by molar-refractivity contribution is 5.81. The van der Waals surface area contributed by atoms with Gasteiger partial charge in [-0.05, 0) is 19.8 Å². The lowest BCUT2D eigenvalue weighted by molar-refractivity contribution is -0.133. The number of carbonyl (C=O) groups is 1. The number of rotatable bonds is 4. The van der Waals surface area contributed by atoms with Gasteiger partial charge in [0, 0.05) is 20.0 Å². The Balaban J connectivity index is 1.81. The number of hydrogen-bond donors (Lipinski definition) is 1. The van der Waals surface area contributed by atoms with Gasteiger partial charge < -0.3 is 9.42 Å². The van der Waals surface area contributed by atoms with Crippen molar-refractivity contribution in [2.24, 2.45) is 0 Å². The van der Waals surface area contributed by atoms with Gasteiger partial charge in [0.25, 0.3) is 0 Å². The van der Waals surface area contributed by atoms with Crippen molar-refractivity contribution in [2.75, 3.05) is 13.1 Å². The zero-order chi connectivity index (χ0) is 13.7. The fourth-order valence-corrected chi connectivity index (χ4v) is 2.31. The average molecular weight is 266 g/mol. The van der Waals surface area contributed by atoms with Gasteiger partial charge in [0.05, 0.1) is 12.6 Å². The van der Waals surface area contributed by atoms with Crippen molar-refractivity contribution in [1.29, 1.82) is 0 Å². The average Bonchev–Trinajstić information content (AvgIpc) is 2.67. The summed E-state index contributed by atoms with van der Waals surface area (Å²) in [5, 5.41) is 6.95. The molecule has 0 radical (unpaired) electrons. The van der Waals surface area contributed by atoms with Crippen LogP contribution in [0.1, 0.15) is 44.3 Å². The van der Waals surface area contributed by atoms with E-state index in [1.54, 1.807) is 6.92 Å². The van der Waals surface area contributed by atoms with E-state index < -0.39 is 0 Å². The summed E-state index contributed by atoms with van der Waals surface area (Å²) in [4.78, 5) is 18.3. The lowest BCUT2D eigenvalue weighted by Crippen LogP contribution is -2.45. The van der Waals surface area contributed by atoms with E-state index in [4.69, 9.17) is 4.52 Å². The van der Waals surface area contributed by atoms with Crippen LogP contribution in [0.25, 0.3) is 0 Å². The van der Waals surface area contributed by atoms with E-state index in [2.05, 4.69) is 15.5 Å². The van der Waals surface area contributed by atoms with Crippen LogP contribution in [0.2, 0.25) is 0 Å². The molecule has 0 aliphatic carbocycles. The van der Waals surface area contributed by atoms with Crippen LogP contribution in [-0.4, -0.2) is 40.1 Å². The minimum Gasteiger partial charge on any atom is -0.341 e. The predicted molar refractivity (Wildman–Crippen MR) is 70.4 cm³/mol. The molecule has 1 aliphatic heterocycles. The normalized spacial score (nSPS) is 18.1. The van der Waals surface area contributed by atoms with Gasteiger partial charge in [-0.1, -0.05) is 18.0 Å². The molecule has 1 fully saturated rings. The first kappa shape index (κ1) is 14.0. The molecule has 0 bridgehead atoms. The third-order valence-corrected chi connectivity index (χ3v) is 3.42. The van der Waals surface area contributed by atoms with Gasteiger partial charge in [-0.3, -0.25) is 10.1 Å². The molecule has 1 unspecified atom stereocenters. The molecule has 1 aromatic rings. The summed E-state index contributed by atoms with van der Waals surface area (Å²) < 4.78 is 4.89. The molecule has 1 aliphatic rings. The topological polar surface area (TPSA) is 71.3 Å². The molecule has 0 spiro atoms. The van der Waals surface area contributed by atoms with Gasteiger partial charge in [-0.2, -0.15) is 4.98 Å². The Morgan fingerprint density at radius 2 is 2.05 bits per heavy atom. The highest BCUT2D eigenvalue weighted by Gasteiger charge is 2.21. The second-order valence-electron chi connectivity index (χ2n) is 5.07. The Morgan fingerprint density at radius 3 is 2.63 bits per heavy atom. The second kappa shape index (κ2) is 6.65. The molecule has 19 heavy (non-hydrogen) atoms. The molecular formula is C13H22N4O2. The molecule has 1 amide bonds.